The summed E-state index contributed by atoms with van der Waals surface area (Å²) in [4.78, 5) is 15.1. The zero-order valence-electron chi connectivity index (χ0n) is 18.8. The van der Waals surface area contributed by atoms with E-state index in [1.165, 1.54) is 30.5 Å². The minimum absolute atomic E-state index is 0.0249. The van der Waals surface area contributed by atoms with Crippen molar-refractivity contribution in [3.8, 4) is 11.5 Å². The van der Waals surface area contributed by atoms with Crippen molar-refractivity contribution in [1.29, 1.82) is 0 Å². The molecule has 1 saturated carbocycles. The molecule has 8 nitrogen and oxygen atoms in total. The van der Waals surface area contributed by atoms with E-state index in [1.807, 2.05) is 6.07 Å². The predicted molar refractivity (Wildman–Crippen MR) is 124 cm³/mol. The van der Waals surface area contributed by atoms with Crippen LogP contribution < -0.4 is 14.8 Å². The number of benzene rings is 2. The Morgan fingerprint density at radius 2 is 2.00 bits per heavy atom. The quantitative estimate of drug-likeness (QED) is 0.398. The SMILES string of the molecule is COc1ccc([C@H]2CNC[C@H](Cc3nc4cc([N+](=O)[O-])ccc4o3)C2)cc1OC1CCCC1. The summed E-state index contributed by atoms with van der Waals surface area (Å²) >= 11 is 0. The molecule has 2 aromatic carbocycles. The number of oxazole rings is 1. The number of nitro benzene ring substituents is 1. The van der Waals surface area contributed by atoms with Gasteiger partial charge in [-0.05, 0) is 74.2 Å². The monoisotopic (exact) mass is 451 g/mol. The number of nitrogens with one attached hydrogen (secondary N) is 1. The maximum Gasteiger partial charge on any atom is 0.271 e. The van der Waals surface area contributed by atoms with E-state index in [2.05, 4.69) is 22.4 Å². The Balaban J connectivity index is 1.29. The minimum atomic E-state index is -0.414. The zero-order valence-corrected chi connectivity index (χ0v) is 18.8. The van der Waals surface area contributed by atoms with Crippen molar-refractivity contribution >= 4 is 16.8 Å². The van der Waals surface area contributed by atoms with Gasteiger partial charge >= 0.3 is 0 Å². The molecule has 1 aliphatic heterocycles. The van der Waals surface area contributed by atoms with E-state index in [4.69, 9.17) is 13.9 Å². The standard InChI is InChI=1S/C25H29N3O5/c1-31-23-8-6-17(12-24(23)32-20-4-2-3-5-20)18-10-16(14-26-15-18)11-25-27-21-13-19(28(29)30)7-9-22(21)33-25/h6-9,12-13,16,18,20,26H,2-5,10-11,14-15H2,1H3/t16-,18+/m0/s1. The number of hydrogen-bond donors (Lipinski definition) is 1. The van der Waals surface area contributed by atoms with Crippen LogP contribution in [0.2, 0.25) is 0 Å². The van der Waals surface area contributed by atoms with Crippen molar-refractivity contribution in [1.82, 2.24) is 10.3 Å². The highest BCUT2D eigenvalue weighted by Crippen LogP contribution is 2.37. The Bertz CT molecular complexity index is 1140. The van der Waals surface area contributed by atoms with Gasteiger partial charge in [-0.1, -0.05) is 6.07 Å². The Morgan fingerprint density at radius 1 is 1.15 bits per heavy atom. The highest BCUT2D eigenvalue weighted by atomic mass is 16.6. The van der Waals surface area contributed by atoms with E-state index in [0.717, 1.165) is 43.9 Å². The van der Waals surface area contributed by atoms with Crippen LogP contribution in [-0.2, 0) is 6.42 Å². The third kappa shape index (κ3) is 4.80. The van der Waals surface area contributed by atoms with Crippen LogP contribution in [0.1, 0.15) is 49.5 Å². The van der Waals surface area contributed by atoms with E-state index >= 15 is 0 Å². The minimum Gasteiger partial charge on any atom is -0.493 e. The lowest BCUT2D eigenvalue weighted by Crippen LogP contribution is -2.36. The number of piperidine rings is 1. The smallest absolute Gasteiger partial charge is 0.271 e. The molecule has 2 aliphatic rings. The summed E-state index contributed by atoms with van der Waals surface area (Å²) in [5.41, 5.74) is 2.38. The Morgan fingerprint density at radius 3 is 2.79 bits per heavy atom. The molecule has 0 bridgehead atoms. The molecule has 1 aliphatic carbocycles. The lowest BCUT2D eigenvalue weighted by atomic mass is 9.84. The number of nitrogens with zero attached hydrogens (tertiary/aromatic N) is 2. The van der Waals surface area contributed by atoms with E-state index in [-0.39, 0.29) is 11.8 Å². The third-order valence-electron chi connectivity index (χ3n) is 6.79. The molecule has 174 valence electrons. The topological polar surface area (TPSA) is 99.7 Å². The first-order chi connectivity index (χ1) is 16.1. The van der Waals surface area contributed by atoms with Gasteiger partial charge in [-0.2, -0.15) is 0 Å². The molecule has 1 saturated heterocycles. The molecule has 8 heteroatoms. The van der Waals surface area contributed by atoms with Gasteiger partial charge in [0.1, 0.15) is 5.52 Å². The van der Waals surface area contributed by atoms with Crippen LogP contribution >= 0.6 is 0 Å². The number of methoxy groups -OCH3 is 1. The zero-order chi connectivity index (χ0) is 22.8. The van der Waals surface area contributed by atoms with Gasteiger partial charge in [-0.3, -0.25) is 10.1 Å². The molecule has 0 radical (unpaired) electrons. The second kappa shape index (κ2) is 9.39. The maximum atomic E-state index is 11.0. The van der Waals surface area contributed by atoms with Gasteiger partial charge in [0.2, 0.25) is 0 Å². The fourth-order valence-corrected chi connectivity index (χ4v) is 5.08. The maximum absolute atomic E-state index is 11.0. The summed E-state index contributed by atoms with van der Waals surface area (Å²) in [5, 5.41) is 14.6. The summed E-state index contributed by atoms with van der Waals surface area (Å²) < 4.78 is 17.7. The molecular weight excluding hydrogens is 422 g/mol. The molecular formula is C25H29N3O5. The fraction of sp³-hybridized carbons (Fsp3) is 0.480. The summed E-state index contributed by atoms with van der Waals surface area (Å²) in [6.07, 6.45) is 6.63. The average molecular weight is 452 g/mol. The molecule has 0 amide bonds. The van der Waals surface area contributed by atoms with Crippen molar-refractivity contribution in [2.75, 3.05) is 20.2 Å². The van der Waals surface area contributed by atoms with E-state index in [1.54, 1.807) is 13.2 Å². The number of hydrogen-bond acceptors (Lipinski definition) is 7. The van der Waals surface area contributed by atoms with Crippen molar-refractivity contribution < 1.29 is 18.8 Å². The Kier molecular flexibility index (Phi) is 6.17. The first kappa shape index (κ1) is 21.7. The normalized spacial score (nSPS) is 21.4. The van der Waals surface area contributed by atoms with Gasteiger partial charge in [-0.25, -0.2) is 4.98 Å². The number of rotatable bonds is 7. The van der Waals surface area contributed by atoms with Crippen LogP contribution in [0.5, 0.6) is 11.5 Å². The Hall–Kier alpha value is -3.13. The molecule has 0 unspecified atom stereocenters. The highest BCUT2D eigenvalue weighted by Gasteiger charge is 2.26. The molecule has 2 heterocycles. The number of fused-ring (bicyclic) bond motifs is 1. The highest BCUT2D eigenvalue weighted by molar-refractivity contribution is 5.75. The predicted octanol–water partition coefficient (Wildman–Crippen LogP) is 5.00. The van der Waals surface area contributed by atoms with Crippen molar-refractivity contribution in [3.63, 3.8) is 0 Å². The van der Waals surface area contributed by atoms with E-state index in [0.29, 0.717) is 35.2 Å². The average Bonchev–Trinajstić information content (AvgIpc) is 3.48. The summed E-state index contributed by atoms with van der Waals surface area (Å²) in [6, 6.07) is 10.8. The lowest BCUT2D eigenvalue weighted by molar-refractivity contribution is -0.384. The van der Waals surface area contributed by atoms with Crippen LogP contribution in [0.15, 0.2) is 40.8 Å². The molecule has 3 aromatic rings. The summed E-state index contributed by atoms with van der Waals surface area (Å²) in [5.74, 6) is 2.95. The van der Waals surface area contributed by atoms with Crippen LogP contribution in [0, 0.1) is 16.0 Å². The van der Waals surface area contributed by atoms with Crippen LogP contribution in [0.4, 0.5) is 5.69 Å². The molecule has 2 atom stereocenters. The molecule has 2 fully saturated rings. The van der Waals surface area contributed by atoms with Crippen molar-refractivity contribution in [2.45, 2.75) is 50.5 Å². The second-order valence-corrected chi connectivity index (χ2v) is 9.11. The molecule has 5 rings (SSSR count). The van der Waals surface area contributed by atoms with Crippen molar-refractivity contribution in [2.24, 2.45) is 5.92 Å². The van der Waals surface area contributed by atoms with Crippen LogP contribution in [0.25, 0.3) is 11.1 Å². The van der Waals surface area contributed by atoms with Gasteiger partial charge in [0.05, 0.1) is 18.1 Å². The largest absolute Gasteiger partial charge is 0.493 e. The number of aromatic nitrogens is 1. The molecule has 33 heavy (non-hydrogen) atoms. The molecule has 1 aromatic heterocycles. The first-order valence-electron chi connectivity index (χ1n) is 11.7. The van der Waals surface area contributed by atoms with Crippen molar-refractivity contribution in [3.05, 3.63) is 58.0 Å². The van der Waals surface area contributed by atoms with E-state index in [9.17, 15) is 10.1 Å². The lowest BCUT2D eigenvalue weighted by Gasteiger charge is -2.30. The summed E-state index contributed by atoms with van der Waals surface area (Å²) in [7, 11) is 1.68. The van der Waals surface area contributed by atoms with Gasteiger partial charge in [0, 0.05) is 25.1 Å². The number of nitro groups is 1. The number of non-ortho nitro benzene ring substituents is 1. The second-order valence-electron chi connectivity index (χ2n) is 9.11. The van der Waals surface area contributed by atoms with Gasteiger partial charge in [0.25, 0.3) is 5.69 Å². The van der Waals surface area contributed by atoms with Gasteiger partial charge in [-0.15, -0.1) is 0 Å². The number of ether oxygens (including phenoxy) is 2. The Labute approximate surface area is 192 Å². The first-order valence-corrected chi connectivity index (χ1v) is 11.7. The molecule has 1 N–H and O–H groups in total. The van der Waals surface area contributed by atoms with Crippen LogP contribution in [-0.4, -0.2) is 36.2 Å². The summed E-state index contributed by atoms with van der Waals surface area (Å²) in [6.45, 7) is 1.79. The van der Waals surface area contributed by atoms with Gasteiger partial charge < -0.3 is 19.2 Å². The fourth-order valence-electron chi connectivity index (χ4n) is 5.08. The van der Waals surface area contributed by atoms with Gasteiger partial charge in [0.15, 0.2) is 23.0 Å². The van der Waals surface area contributed by atoms with Crippen LogP contribution in [0.3, 0.4) is 0 Å². The molecule has 0 spiro atoms. The van der Waals surface area contributed by atoms with E-state index < -0.39 is 4.92 Å². The third-order valence-corrected chi connectivity index (χ3v) is 6.79.